The van der Waals surface area contributed by atoms with Crippen LogP contribution < -0.4 is 10.6 Å². The number of aliphatic imine (C=N–C) groups is 1. The van der Waals surface area contributed by atoms with Crippen LogP contribution in [0, 0.1) is 5.92 Å². The van der Waals surface area contributed by atoms with Gasteiger partial charge in [0, 0.05) is 32.4 Å². The molecule has 1 aromatic rings. The molecule has 0 radical (unpaired) electrons. The number of halogens is 2. The second-order valence-corrected chi connectivity index (χ2v) is 7.15. The van der Waals surface area contributed by atoms with Crippen LogP contribution in [0.25, 0.3) is 0 Å². The minimum absolute atomic E-state index is 0.465. The average Bonchev–Trinajstić information content (AvgIpc) is 2.72. The number of nitrogens with one attached hydrogen (secondary N) is 2. The Bertz CT molecular complexity index is 523. The summed E-state index contributed by atoms with van der Waals surface area (Å²) in [7, 11) is 7.89. The minimum atomic E-state index is 0.465. The van der Waals surface area contributed by atoms with Crippen molar-refractivity contribution in [2.75, 3.05) is 27.7 Å². The van der Waals surface area contributed by atoms with E-state index in [2.05, 4.69) is 48.5 Å². The largest absolute Gasteiger partial charge is 0.355 e. The molecule has 7 heteroatoms. The molecule has 1 aromatic heterocycles. The molecule has 0 spiro atoms. The Kier molecular flexibility index (Phi) is 8.23. The van der Waals surface area contributed by atoms with Crippen LogP contribution in [0.5, 0.6) is 0 Å². The van der Waals surface area contributed by atoms with Crippen LogP contribution in [-0.2, 0) is 13.6 Å². The highest BCUT2D eigenvalue weighted by Crippen LogP contribution is 2.24. The third-order valence-corrected chi connectivity index (χ3v) is 4.70. The summed E-state index contributed by atoms with van der Waals surface area (Å²) in [5.41, 5.74) is 1.01. The first-order valence-electron chi connectivity index (χ1n) is 7.86. The maximum absolute atomic E-state index is 6.09. The Morgan fingerprint density at radius 2 is 1.96 bits per heavy atom. The van der Waals surface area contributed by atoms with Crippen molar-refractivity contribution in [3.8, 4) is 0 Å². The van der Waals surface area contributed by atoms with Crippen molar-refractivity contribution in [1.29, 1.82) is 0 Å². The summed E-state index contributed by atoms with van der Waals surface area (Å²) in [5, 5.41) is 7.81. The zero-order valence-electron chi connectivity index (χ0n) is 15.0. The van der Waals surface area contributed by atoms with Crippen LogP contribution >= 0.6 is 23.2 Å². The normalized spacial score (nSPS) is 13.7. The van der Waals surface area contributed by atoms with Crippen LogP contribution in [0.1, 0.15) is 26.0 Å². The Morgan fingerprint density at radius 1 is 1.30 bits per heavy atom. The van der Waals surface area contributed by atoms with Crippen molar-refractivity contribution in [2.24, 2.45) is 18.0 Å². The molecule has 23 heavy (non-hydrogen) atoms. The third-order valence-electron chi connectivity index (χ3n) is 3.86. The first-order valence-corrected chi connectivity index (χ1v) is 8.62. The third kappa shape index (κ3) is 6.24. The van der Waals surface area contributed by atoms with Gasteiger partial charge in [0.25, 0.3) is 0 Å². The van der Waals surface area contributed by atoms with Crippen molar-refractivity contribution >= 4 is 29.2 Å². The van der Waals surface area contributed by atoms with Crippen LogP contribution in [0.2, 0.25) is 10.2 Å². The molecule has 132 valence electrons. The van der Waals surface area contributed by atoms with E-state index >= 15 is 0 Å². The number of rotatable bonds is 7. The van der Waals surface area contributed by atoms with Gasteiger partial charge in [-0.05, 0) is 32.5 Å². The van der Waals surface area contributed by atoms with Crippen molar-refractivity contribution < 1.29 is 0 Å². The van der Waals surface area contributed by atoms with Gasteiger partial charge in [0.15, 0.2) is 5.96 Å². The molecule has 2 N–H and O–H groups in total. The molecular formula is C16H29Cl2N5. The number of likely N-dealkylation sites (N-methyl/N-ethyl adjacent to an activating group) is 1. The zero-order valence-corrected chi connectivity index (χ0v) is 16.5. The molecule has 0 aliphatic heterocycles. The van der Waals surface area contributed by atoms with Gasteiger partial charge in [0.2, 0.25) is 0 Å². The lowest BCUT2D eigenvalue weighted by Gasteiger charge is -2.27. The SMILES string of the molecule is CN=C(NCc1cc(Cl)c(Cl)n1C)NCC(CC(C)C)N(C)C. The fraction of sp³-hybridized carbons (Fsp3) is 0.688. The van der Waals surface area contributed by atoms with Gasteiger partial charge in [0.1, 0.15) is 5.15 Å². The quantitative estimate of drug-likeness (QED) is 0.579. The average molecular weight is 362 g/mol. The fourth-order valence-corrected chi connectivity index (χ4v) is 2.80. The summed E-state index contributed by atoms with van der Waals surface area (Å²) in [6, 6.07) is 2.33. The van der Waals surface area contributed by atoms with Crippen LogP contribution in [0.15, 0.2) is 11.1 Å². The lowest BCUT2D eigenvalue weighted by molar-refractivity contribution is 0.254. The van der Waals surface area contributed by atoms with Gasteiger partial charge >= 0.3 is 0 Å². The Labute approximate surface area is 150 Å². The Hall–Kier alpha value is -0.910. The maximum Gasteiger partial charge on any atom is 0.191 e. The van der Waals surface area contributed by atoms with E-state index in [9.17, 15) is 0 Å². The minimum Gasteiger partial charge on any atom is -0.355 e. The van der Waals surface area contributed by atoms with Gasteiger partial charge in [0.05, 0.1) is 11.6 Å². The van der Waals surface area contributed by atoms with E-state index in [1.54, 1.807) is 7.05 Å². The molecule has 1 unspecified atom stereocenters. The molecule has 0 fully saturated rings. The predicted molar refractivity (Wildman–Crippen MR) is 101 cm³/mol. The molecule has 5 nitrogen and oxygen atoms in total. The molecule has 0 saturated carbocycles. The van der Waals surface area contributed by atoms with E-state index in [0.717, 1.165) is 24.6 Å². The number of aromatic nitrogens is 1. The van der Waals surface area contributed by atoms with Gasteiger partial charge in [-0.25, -0.2) is 0 Å². The van der Waals surface area contributed by atoms with Gasteiger partial charge in [-0.2, -0.15) is 0 Å². The summed E-state index contributed by atoms with van der Waals surface area (Å²) in [5.74, 6) is 1.43. The lowest BCUT2D eigenvalue weighted by atomic mass is 10.0. The fourth-order valence-electron chi connectivity index (χ4n) is 2.39. The van der Waals surface area contributed by atoms with Gasteiger partial charge < -0.3 is 20.1 Å². The molecule has 0 saturated heterocycles. The summed E-state index contributed by atoms with van der Waals surface area (Å²) >= 11 is 12.1. The summed E-state index contributed by atoms with van der Waals surface area (Å²) in [6.07, 6.45) is 1.14. The van der Waals surface area contributed by atoms with Gasteiger partial charge in [-0.1, -0.05) is 37.0 Å². The number of nitrogens with zero attached hydrogens (tertiary/aromatic N) is 3. The molecule has 0 amide bonds. The van der Waals surface area contributed by atoms with Crippen molar-refractivity contribution in [1.82, 2.24) is 20.1 Å². The molecule has 1 rings (SSSR count). The smallest absolute Gasteiger partial charge is 0.191 e. The summed E-state index contributed by atoms with van der Waals surface area (Å²) in [4.78, 5) is 6.52. The van der Waals surface area contributed by atoms with E-state index in [0.29, 0.717) is 28.7 Å². The number of hydrogen-bond donors (Lipinski definition) is 2. The lowest BCUT2D eigenvalue weighted by Crippen LogP contribution is -2.45. The van der Waals surface area contributed by atoms with Crippen molar-refractivity contribution in [2.45, 2.75) is 32.9 Å². The van der Waals surface area contributed by atoms with Gasteiger partial charge in [-0.3, -0.25) is 4.99 Å². The predicted octanol–water partition coefficient (Wildman–Crippen LogP) is 2.97. The molecule has 1 heterocycles. The highest BCUT2D eigenvalue weighted by Gasteiger charge is 2.14. The first kappa shape index (κ1) is 20.1. The highest BCUT2D eigenvalue weighted by molar-refractivity contribution is 6.41. The summed E-state index contributed by atoms with van der Waals surface area (Å²) in [6.45, 7) is 5.94. The van der Waals surface area contributed by atoms with E-state index in [1.165, 1.54) is 0 Å². The summed E-state index contributed by atoms with van der Waals surface area (Å²) < 4.78 is 1.87. The van der Waals surface area contributed by atoms with Crippen molar-refractivity contribution in [3.05, 3.63) is 21.9 Å². The van der Waals surface area contributed by atoms with Crippen LogP contribution in [0.4, 0.5) is 0 Å². The maximum atomic E-state index is 6.09. The molecule has 0 aliphatic rings. The molecule has 0 bridgehead atoms. The highest BCUT2D eigenvalue weighted by atomic mass is 35.5. The van der Waals surface area contributed by atoms with Crippen LogP contribution in [-0.4, -0.2) is 49.2 Å². The standard InChI is InChI=1S/C16H29Cl2N5/c1-11(2)7-12(22(4)5)9-20-16(19-3)21-10-13-8-14(17)15(18)23(13)6/h8,11-12H,7,9-10H2,1-6H3,(H2,19,20,21). The zero-order chi connectivity index (χ0) is 17.6. The van der Waals surface area contributed by atoms with Crippen LogP contribution in [0.3, 0.4) is 0 Å². The second-order valence-electron chi connectivity index (χ2n) is 6.39. The van der Waals surface area contributed by atoms with E-state index < -0.39 is 0 Å². The van der Waals surface area contributed by atoms with Crippen molar-refractivity contribution in [3.63, 3.8) is 0 Å². The number of hydrogen-bond acceptors (Lipinski definition) is 2. The number of guanidine groups is 1. The van der Waals surface area contributed by atoms with E-state index in [4.69, 9.17) is 23.2 Å². The topological polar surface area (TPSA) is 44.6 Å². The van der Waals surface area contributed by atoms with E-state index in [-0.39, 0.29) is 0 Å². The second kappa shape index (κ2) is 9.40. The monoisotopic (exact) mass is 361 g/mol. The molecule has 1 atom stereocenters. The Morgan fingerprint density at radius 3 is 2.39 bits per heavy atom. The van der Waals surface area contributed by atoms with Gasteiger partial charge in [-0.15, -0.1) is 0 Å². The first-order chi connectivity index (χ1) is 10.8. The molecular weight excluding hydrogens is 333 g/mol. The Balaban J connectivity index is 2.56. The molecule has 0 aromatic carbocycles. The molecule has 0 aliphatic carbocycles. The van der Waals surface area contributed by atoms with E-state index in [1.807, 2.05) is 17.7 Å².